The lowest BCUT2D eigenvalue weighted by atomic mass is 9.64. The number of methoxy groups -OCH3 is 1. The van der Waals surface area contributed by atoms with Crippen molar-refractivity contribution in [2.24, 2.45) is 5.41 Å². The highest BCUT2D eigenvalue weighted by Gasteiger charge is 2.54. The number of nitrogens with zero attached hydrogens (tertiary/aromatic N) is 1. The molecule has 1 aromatic heterocycles. The van der Waals surface area contributed by atoms with Crippen molar-refractivity contribution in [1.82, 2.24) is 10.3 Å². The minimum atomic E-state index is -0.802. The average molecular weight is 910 g/mol. The van der Waals surface area contributed by atoms with Gasteiger partial charge in [0, 0.05) is 67.9 Å². The van der Waals surface area contributed by atoms with Crippen molar-refractivity contribution in [2.75, 3.05) is 58.0 Å². The lowest BCUT2D eigenvalue weighted by Gasteiger charge is -2.41. The molecule has 9 rings (SSSR count). The Morgan fingerprint density at radius 3 is 2.40 bits per heavy atom. The molecule has 5 N–H and O–H groups in total. The summed E-state index contributed by atoms with van der Waals surface area (Å²) in [6, 6.07) is 27.8. The number of aliphatic hydroxyl groups excluding tert-OH is 2. The number of hydrogen-bond acceptors (Lipinski definition) is 10. The van der Waals surface area contributed by atoms with Crippen LogP contribution in [0.4, 0.5) is 5.82 Å². The van der Waals surface area contributed by atoms with Gasteiger partial charge in [0.05, 0.1) is 32.8 Å². The first-order valence-electron chi connectivity index (χ1n) is 24.5. The smallest absolute Gasteiger partial charge is 0.204 e. The van der Waals surface area contributed by atoms with E-state index in [1.165, 1.54) is 69.1 Å². The second kappa shape index (κ2) is 20.6. The van der Waals surface area contributed by atoms with E-state index in [9.17, 15) is 20.1 Å². The van der Waals surface area contributed by atoms with Crippen molar-refractivity contribution >= 4 is 17.7 Å². The van der Waals surface area contributed by atoms with Crippen LogP contribution in [-0.2, 0) is 18.3 Å². The number of hydrogen-bond donors (Lipinski definition) is 5. The summed E-state index contributed by atoms with van der Waals surface area (Å²) >= 11 is 0. The Morgan fingerprint density at radius 2 is 1.64 bits per heavy atom. The van der Waals surface area contributed by atoms with Gasteiger partial charge in [-0.05, 0) is 84.4 Å². The molecule has 1 unspecified atom stereocenters. The zero-order chi connectivity index (χ0) is 46.4. The van der Waals surface area contributed by atoms with E-state index in [0.29, 0.717) is 41.7 Å². The highest BCUT2D eigenvalue weighted by molar-refractivity contribution is 6.04. The fraction of sp³-hybridized carbons (Fsp3) is 0.446. The Kier molecular flexibility index (Phi) is 14.3. The molecule has 1 saturated heterocycles. The normalized spacial score (nSPS) is 20.6. The molecular formula is C56H67N3O8. The summed E-state index contributed by atoms with van der Waals surface area (Å²) in [6.07, 6.45) is 12.9. The summed E-state index contributed by atoms with van der Waals surface area (Å²) in [7, 11) is 1.53. The van der Waals surface area contributed by atoms with E-state index in [4.69, 9.17) is 18.9 Å². The number of phenolic OH excluding ortho intramolecular Hbond substituents is 1. The minimum absolute atomic E-state index is 0.0418. The Labute approximate surface area is 395 Å². The van der Waals surface area contributed by atoms with Gasteiger partial charge in [-0.2, -0.15) is 0 Å². The molecule has 11 nitrogen and oxygen atoms in total. The van der Waals surface area contributed by atoms with Gasteiger partial charge in [-0.1, -0.05) is 105 Å². The van der Waals surface area contributed by atoms with Crippen LogP contribution in [0.25, 0.3) is 17.2 Å². The summed E-state index contributed by atoms with van der Waals surface area (Å²) < 4.78 is 25.9. The van der Waals surface area contributed by atoms with Crippen molar-refractivity contribution in [3.8, 4) is 39.9 Å². The molecule has 354 valence electrons. The molecule has 2 saturated carbocycles. The number of anilines is 1. The van der Waals surface area contributed by atoms with Crippen LogP contribution in [0.1, 0.15) is 116 Å². The Morgan fingerprint density at radius 1 is 0.881 bits per heavy atom. The molecule has 11 heteroatoms. The van der Waals surface area contributed by atoms with E-state index in [1.54, 1.807) is 30.3 Å². The van der Waals surface area contributed by atoms with Crippen LogP contribution in [0, 0.1) is 5.41 Å². The van der Waals surface area contributed by atoms with Crippen LogP contribution in [0.15, 0.2) is 91.0 Å². The molecule has 1 spiro atoms. The topological polar surface area (TPSA) is 146 Å². The van der Waals surface area contributed by atoms with Crippen LogP contribution >= 0.6 is 0 Å². The average Bonchev–Trinajstić information content (AvgIpc) is 4.11. The van der Waals surface area contributed by atoms with Gasteiger partial charge >= 0.3 is 0 Å². The predicted molar refractivity (Wildman–Crippen MR) is 263 cm³/mol. The van der Waals surface area contributed by atoms with Crippen LogP contribution in [-0.4, -0.2) is 85.3 Å². The number of aromatic hydroxyl groups is 1. The number of carbonyl (C=O) groups excluding carboxylic acids is 1. The third-order valence-corrected chi connectivity index (χ3v) is 15.1. The zero-order valence-electron chi connectivity index (χ0n) is 39.2. The number of fused-ring (bicyclic) bond motifs is 1. The van der Waals surface area contributed by atoms with Crippen LogP contribution in [0.3, 0.4) is 0 Å². The quantitative estimate of drug-likeness (QED) is 0.0539. The van der Waals surface area contributed by atoms with Gasteiger partial charge in [-0.15, -0.1) is 0 Å². The van der Waals surface area contributed by atoms with Gasteiger partial charge in [0.25, 0.3) is 0 Å². The SMILES string of the molecule is COc1c(OCCCO)c(CCc2cccc(-c3cc([C@@]4(C)CCCC45CCCC5)[nH]c3N3CCNCC3)c2)c2c(c1OCC[C@@H](O)/C=C/c1ccccc1)C(=O)CC(c1ccc(O)cc1)O2. The van der Waals surface area contributed by atoms with E-state index in [-0.39, 0.29) is 66.7 Å². The van der Waals surface area contributed by atoms with Gasteiger partial charge in [-0.25, -0.2) is 0 Å². The molecule has 4 aliphatic rings. The maximum atomic E-state index is 14.5. The molecule has 67 heavy (non-hydrogen) atoms. The third-order valence-electron chi connectivity index (χ3n) is 15.1. The molecule has 2 aliphatic heterocycles. The lowest BCUT2D eigenvalue weighted by Crippen LogP contribution is -2.44. The molecule has 2 aliphatic carbocycles. The van der Waals surface area contributed by atoms with E-state index in [1.807, 2.05) is 36.4 Å². The third kappa shape index (κ3) is 9.69. The van der Waals surface area contributed by atoms with Crippen molar-refractivity contribution in [3.05, 3.63) is 125 Å². The summed E-state index contributed by atoms with van der Waals surface area (Å²) in [4.78, 5) is 21.1. The number of ketones is 1. The molecule has 0 amide bonds. The summed E-state index contributed by atoms with van der Waals surface area (Å²) in [5, 5.41) is 34.4. The molecular weight excluding hydrogens is 843 g/mol. The van der Waals surface area contributed by atoms with E-state index in [0.717, 1.165) is 48.4 Å². The molecule has 3 fully saturated rings. The molecule has 4 aromatic carbocycles. The Hall–Kier alpha value is -5.75. The van der Waals surface area contributed by atoms with Crippen LogP contribution in [0.2, 0.25) is 0 Å². The number of aromatic nitrogens is 1. The summed E-state index contributed by atoms with van der Waals surface area (Å²) in [6.45, 7) is 6.50. The van der Waals surface area contributed by atoms with Crippen molar-refractivity contribution in [2.45, 2.75) is 102 Å². The second-order valence-corrected chi connectivity index (χ2v) is 19.2. The molecule has 5 aromatic rings. The lowest BCUT2D eigenvalue weighted by molar-refractivity contribution is 0.0835. The number of ether oxygens (including phenoxy) is 4. The maximum Gasteiger partial charge on any atom is 0.204 e. The first kappa shape index (κ1) is 46.4. The van der Waals surface area contributed by atoms with Gasteiger partial charge < -0.3 is 49.5 Å². The van der Waals surface area contributed by atoms with E-state index >= 15 is 0 Å². The number of aromatic amines is 1. The molecule has 3 atom stereocenters. The number of aryl methyl sites for hydroxylation is 1. The zero-order valence-corrected chi connectivity index (χ0v) is 39.2. The first-order chi connectivity index (χ1) is 32.7. The monoisotopic (exact) mass is 909 g/mol. The second-order valence-electron chi connectivity index (χ2n) is 19.2. The first-order valence-corrected chi connectivity index (χ1v) is 24.5. The summed E-state index contributed by atoms with van der Waals surface area (Å²) in [5.41, 5.74) is 8.04. The highest BCUT2D eigenvalue weighted by Crippen LogP contribution is 2.62. The molecule has 3 heterocycles. The van der Waals surface area contributed by atoms with Crippen molar-refractivity contribution in [3.63, 3.8) is 0 Å². The molecule has 0 radical (unpaired) electrons. The maximum absolute atomic E-state index is 14.5. The largest absolute Gasteiger partial charge is 0.508 e. The fourth-order valence-electron chi connectivity index (χ4n) is 11.4. The van der Waals surface area contributed by atoms with Crippen molar-refractivity contribution in [1.29, 1.82) is 0 Å². The number of nitrogens with one attached hydrogen (secondary N) is 2. The number of benzene rings is 4. The number of phenols is 1. The number of aliphatic hydroxyl groups is 2. The fourth-order valence-corrected chi connectivity index (χ4v) is 11.4. The predicted octanol–water partition coefficient (Wildman–Crippen LogP) is 9.90. The number of carbonyl (C=O) groups is 1. The molecule has 0 bridgehead atoms. The van der Waals surface area contributed by atoms with Gasteiger partial charge in [-0.3, -0.25) is 4.79 Å². The van der Waals surface area contributed by atoms with Crippen LogP contribution in [0.5, 0.6) is 28.7 Å². The standard InChI is InChI=1S/C56H67N3O8/c1-55(24-9-27-56(55)25-6-7-26-56)48-36-45(54(58-48)59-30-28-57-29-31-59)41-14-8-13-39(35-41)16-22-44-50-49(46(63)37-47(67-50)40-17-20-42(61)21-18-40)52(53(64-2)51(44)65-33-10-32-60)66-34-23-43(62)19-15-38-11-4-3-5-12-38/h3-5,8,11-15,17-21,35-36,43,47,57-58,60-62H,6-7,9-10,16,22-34,37H2,1-2H3/b19-15+/t43-,47?,55+/m0/s1. The highest BCUT2D eigenvalue weighted by atomic mass is 16.5. The summed E-state index contributed by atoms with van der Waals surface area (Å²) in [5.74, 6) is 2.39. The van der Waals surface area contributed by atoms with Gasteiger partial charge in [0.15, 0.2) is 17.3 Å². The number of piperazine rings is 1. The van der Waals surface area contributed by atoms with Gasteiger partial charge in [0.1, 0.15) is 29.0 Å². The van der Waals surface area contributed by atoms with Crippen LogP contribution < -0.4 is 29.2 Å². The number of rotatable bonds is 18. The number of Topliss-reactive ketones (excluding diaryl/α,β-unsaturated/α-hetero) is 1. The van der Waals surface area contributed by atoms with Gasteiger partial charge in [0.2, 0.25) is 5.75 Å². The Balaban J connectivity index is 1.07. The minimum Gasteiger partial charge on any atom is -0.508 e. The van der Waals surface area contributed by atoms with E-state index < -0.39 is 12.2 Å². The Bertz CT molecular complexity index is 2500. The van der Waals surface area contributed by atoms with E-state index in [2.05, 4.69) is 52.5 Å². The van der Waals surface area contributed by atoms with Crippen molar-refractivity contribution < 1.29 is 39.1 Å². The number of H-pyrrole nitrogens is 1.